The SMILES string of the molecule is C=CCO[C@@](C(=O)N1CCC(CC2CCN(c3ccc(C(=O)N(C)C)c(OC)n3)CC2)CC1)(c1cc(Cl)cc(Cl)c1)C(C)(F)F. The summed E-state index contributed by atoms with van der Waals surface area (Å²) in [5, 5.41) is 0.273. The second-order valence-corrected chi connectivity index (χ2v) is 13.0. The largest absolute Gasteiger partial charge is 0.480 e. The summed E-state index contributed by atoms with van der Waals surface area (Å²) in [7, 11) is 4.89. The van der Waals surface area contributed by atoms with Gasteiger partial charge in [0.05, 0.1) is 13.7 Å². The molecule has 1 aromatic heterocycles. The molecule has 0 aliphatic carbocycles. The van der Waals surface area contributed by atoms with Crippen molar-refractivity contribution in [1.82, 2.24) is 14.8 Å². The number of anilines is 1. The number of pyridine rings is 1. The number of piperidine rings is 2. The standard InChI is InChI=1S/C33H42Cl2F2N4O4/c1-6-17-45-33(32(2,36)37,24-19-25(34)21-26(35)20-24)31(43)41-15-11-23(12-16-41)18-22-9-13-40(14-10-22)28-8-7-27(29(38-28)44-5)30(42)39(3)4/h6-8,19-23H,1,9-18H2,2-5H3/t33-/m1/s1. The molecule has 45 heavy (non-hydrogen) atoms. The molecule has 0 saturated carbocycles. The first kappa shape index (κ1) is 34.9. The second kappa shape index (κ2) is 14.6. The van der Waals surface area contributed by atoms with Crippen LogP contribution in [0.25, 0.3) is 0 Å². The second-order valence-electron chi connectivity index (χ2n) is 12.2. The van der Waals surface area contributed by atoms with E-state index in [4.69, 9.17) is 32.7 Å². The van der Waals surface area contributed by atoms with Gasteiger partial charge in [0.25, 0.3) is 17.7 Å². The molecule has 4 rings (SSSR count). The van der Waals surface area contributed by atoms with Crippen LogP contribution < -0.4 is 9.64 Å². The Labute approximate surface area is 274 Å². The Morgan fingerprint density at radius 2 is 1.62 bits per heavy atom. The third-order valence-corrected chi connectivity index (χ3v) is 9.23. The maximum absolute atomic E-state index is 15.5. The molecule has 2 amide bonds. The fourth-order valence-electron chi connectivity index (χ4n) is 6.41. The molecule has 12 heteroatoms. The number of likely N-dealkylation sites (tertiary alicyclic amines) is 1. The Bertz CT molecular complexity index is 1350. The van der Waals surface area contributed by atoms with Crippen LogP contribution in [0, 0.1) is 11.8 Å². The molecule has 1 atom stereocenters. The summed E-state index contributed by atoms with van der Waals surface area (Å²) in [6, 6.07) is 7.68. The molecule has 3 heterocycles. The molecule has 8 nitrogen and oxygen atoms in total. The van der Waals surface area contributed by atoms with Crippen molar-refractivity contribution in [2.24, 2.45) is 11.8 Å². The highest BCUT2D eigenvalue weighted by atomic mass is 35.5. The zero-order valence-corrected chi connectivity index (χ0v) is 27.8. The van der Waals surface area contributed by atoms with Gasteiger partial charge in [-0.15, -0.1) is 6.58 Å². The predicted octanol–water partition coefficient (Wildman–Crippen LogP) is 6.70. The minimum absolute atomic E-state index is 0.0840. The lowest BCUT2D eigenvalue weighted by molar-refractivity contribution is -0.214. The van der Waals surface area contributed by atoms with E-state index in [9.17, 15) is 9.59 Å². The van der Waals surface area contributed by atoms with E-state index in [1.165, 1.54) is 41.2 Å². The Kier molecular flexibility index (Phi) is 11.4. The molecule has 2 saturated heterocycles. The van der Waals surface area contributed by atoms with E-state index in [-0.39, 0.29) is 28.1 Å². The maximum atomic E-state index is 15.5. The highest BCUT2D eigenvalue weighted by Crippen LogP contribution is 2.45. The van der Waals surface area contributed by atoms with Gasteiger partial charge in [0.1, 0.15) is 11.4 Å². The van der Waals surface area contributed by atoms with Gasteiger partial charge in [-0.25, -0.2) is 8.78 Å². The van der Waals surface area contributed by atoms with Crippen LogP contribution in [0.2, 0.25) is 10.0 Å². The van der Waals surface area contributed by atoms with Crippen molar-refractivity contribution in [2.75, 3.05) is 58.9 Å². The highest BCUT2D eigenvalue weighted by molar-refractivity contribution is 6.34. The molecule has 0 radical (unpaired) electrons. The normalized spacial score (nSPS) is 18.0. The quantitative estimate of drug-likeness (QED) is 0.249. The minimum atomic E-state index is -3.58. The van der Waals surface area contributed by atoms with Gasteiger partial charge in [0.15, 0.2) is 0 Å². The van der Waals surface area contributed by atoms with Crippen LogP contribution in [0.15, 0.2) is 43.0 Å². The van der Waals surface area contributed by atoms with Crippen molar-refractivity contribution < 1.29 is 27.8 Å². The summed E-state index contributed by atoms with van der Waals surface area (Å²) in [6.45, 7) is 6.38. The third kappa shape index (κ3) is 7.72. The fourth-order valence-corrected chi connectivity index (χ4v) is 6.93. The average Bonchev–Trinajstić information content (AvgIpc) is 3.00. The van der Waals surface area contributed by atoms with E-state index in [1.807, 2.05) is 6.07 Å². The van der Waals surface area contributed by atoms with Gasteiger partial charge >= 0.3 is 0 Å². The number of ether oxygens (including phenoxy) is 2. The summed E-state index contributed by atoms with van der Waals surface area (Å²) >= 11 is 12.3. The molecular formula is C33H42Cl2F2N4O4. The summed E-state index contributed by atoms with van der Waals surface area (Å²) in [4.78, 5) is 36.2. The number of hydrogen-bond donors (Lipinski definition) is 0. The Balaban J connectivity index is 1.38. The number of nitrogens with zero attached hydrogens (tertiary/aromatic N) is 4. The van der Waals surface area contributed by atoms with E-state index in [0.717, 1.165) is 51.0 Å². The molecular weight excluding hydrogens is 625 g/mol. The molecule has 0 N–H and O–H groups in total. The molecule has 246 valence electrons. The first-order valence-electron chi connectivity index (χ1n) is 15.2. The van der Waals surface area contributed by atoms with Crippen molar-refractivity contribution in [1.29, 1.82) is 0 Å². The van der Waals surface area contributed by atoms with Gasteiger partial charge in [-0.3, -0.25) is 9.59 Å². The van der Waals surface area contributed by atoms with Crippen molar-refractivity contribution in [3.63, 3.8) is 0 Å². The first-order valence-corrected chi connectivity index (χ1v) is 16.0. The van der Waals surface area contributed by atoms with Gasteiger partial charge in [0, 0.05) is 62.8 Å². The fraction of sp³-hybridized carbons (Fsp3) is 0.545. The summed E-state index contributed by atoms with van der Waals surface area (Å²) in [5.74, 6) is -2.56. The van der Waals surface area contributed by atoms with Gasteiger partial charge in [0.2, 0.25) is 11.5 Å². The van der Waals surface area contributed by atoms with Crippen LogP contribution in [-0.4, -0.2) is 86.5 Å². The van der Waals surface area contributed by atoms with E-state index in [2.05, 4.69) is 16.5 Å². The number of hydrogen-bond acceptors (Lipinski definition) is 6. The van der Waals surface area contributed by atoms with Crippen LogP contribution in [-0.2, 0) is 15.1 Å². The van der Waals surface area contributed by atoms with Gasteiger partial charge < -0.3 is 24.2 Å². The zero-order valence-electron chi connectivity index (χ0n) is 26.3. The number of carbonyl (C=O) groups is 2. The van der Waals surface area contributed by atoms with Crippen molar-refractivity contribution in [2.45, 2.75) is 50.6 Å². The average molecular weight is 668 g/mol. The Hall–Kier alpha value is -2.95. The summed E-state index contributed by atoms with van der Waals surface area (Å²) < 4.78 is 42.0. The van der Waals surface area contributed by atoms with E-state index < -0.39 is 17.4 Å². The number of halogens is 4. The van der Waals surface area contributed by atoms with E-state index >= 15 is 8.78 Å². The molecule has 2 aromatic rings. The van der Waals surface area contributed by atoms with Crippen LogP contribution >= 0.6 is 23.2 Å². The third-order valence-electron chi connectivity index (χ3n) is 8.79. The predicted molar refractivity (Wildman–Crippen MR) is 173 cm³/mol. The van der Waals surface area contributed by atoms with Crippen molar-refractivity contribution in [3.05, 3.63) is 64.2 Å². The molecule has 0 spiro atoms. The van der Waals surface area contributed by atoms with Crippen molar-refractivity contribution >= 4 is 40.8 Å². The van der Waals surface area contributed by atoms with Crippen LogP contribution in [0.3, 0.4) is 0 Å². The van der Waals surface area contributed by atoms with Crippen molar-refractivity contribution in [3.8, 4) is 5.88 Å². The lowest BCUT2D eigenvalue weighted by Crippen LogP contribution is -2.59. The highest BCUT2D eigenvalue weighted by Gasteiger charge is 2.60. The number of alkyl halides is 2. The monoisotopic (exact) mass is 666 g/mol. The smallest absolute Gasteiger partial charge is 0.287 e. The number of methoxy groups -OCH3 is 1. The van der Waals surface area contributed by atoms with E-state index in [1.54, 1.807) is 20.2 Å². The number of benzene rings is 1. The lowest BCUT2D eigenvalue weighted by atomic mass is 9.81. The molecule has 2 fully saturated rings. The van der Waals surface area contributed by atoms with Gasteiger partial charge in [-0.1, -0.05) is 29.3 Å². The number of rotatable bonds is 11. The molecule has 1 aromatic carbocycles. The van der Waals surface area contributed by atoms with E-state index in [0.29, 0.717) is 43.3 Å². The topological polar surface area (TPSA) is 75.2 Å². The zero-order chi connectivity index (χ0) is 32.9. The lowest BCUT2D eigenvalue weighted by Gasteiger charge is -2.43. The number of amides is 2. The van der Waals surface area contributed by atoms with Crippen LogP contribution in [0.5, 0.6) is 5.88 Å². The number of aromatic nitrogens is 1. The van der Waals surface area contributed by atoms with Gasteiger partial charge in [-0.05, 0) is 74.3 Å². The molecule has 0 unspecified atom stereocenters. The van der Waals surface area contributed by atoms with Gasteiger partial charge in [-0.2, -0.15) is 4.98 Å². The Morgan fingerprint density at radius 1 is 1.04 bits per heavy atom. The maximum Gasteiger partial charge on any atom is 0.287 e. The minimum Gasteiger partial charge on any atom is -0.480 e. The summed E-state index contributed by atoms with van der Waals surface area (Å²) in [5.41, 5.74) is -2.25. The Morgan fingerprint density at radius 3 is 2.13 bits per heavy atom. The first-order chi connectivity index (χ1) is 21.3. The summed E-state index contributed by atoms with van der Waals surface area (Å²) in [6.07, 6.45) is 5.75. The molecule has 2 aliphatic heterocycles. The van der Waals surface area contributed by atoms with Crippen LogP contribution in [0.1, 0.15) is 54.9 Å². The molecule has 0 bridgehead atoms. The van der Waals surface area contributed by atoms with Crippen LogP contribution in [0.4, 0.5) is 14.6 Å². The molecule has 2 aliphatic rings. The number of carbonyl (C=O) groups excluding carboxylic acids is 2.